The fourth-order valence-corrected chi connectivity index (χ4v) is 1.62. The summed E-state index contributed by atoms with van der Waals surface area (Å²) in [5, 5.41) is 10.3. The van der Waals surface area contributed by atoms with Crippen LogP contribution in [0.3, 0.4) is 0 Å². The maximum Gasteiger partial charge on any atom is 0.221 e. The number of rotatable bonds is 6. The summed E-state index contributed by atoms with van der Waals surface area (Å²) in [6.07, 6.45) is 3.10. The van der Waals surface area contributed by atoms with Crippen LogP contribution in [-0.2, 0) is 18.3 Å². The maximum atomic E-state index is 11.6. The van der Waals surface area contributed by atoms with E-state index in [0.29, 0.717) is 19.5 Å². The molecule has 1 aromatic rings. The Morgan fingerprint density at radius 3 is 2.67 bits per heavy atom. The van der Waals surface area contributed by atoms with Crippen LogP contribution in [0.5, 0.6) is 0 Å². The Labute approximate surface area is 109 Å². The predicted molar refractivity (Wildman–Crippen MR) is 72.3 cm³/mol. The summed E-state index contributed by atoms with van der Waals surface area (Å²) < 4.78 is 1.83. The van der Waals surface area contributed by atoms with E-state index in [1.54, 1.807) is 6.20 Å². The molecule has 0 radical (unpaired) electrons. The topological polar surface area (TPSA) is 59.0 Å². The molecule has 0 unspecified atom stereocenters. The average Bonchev–Trinajstić information content (AvgIpc) is 2.62. The number of aryl methyl sites for hydroxylation is 1. The van der Waals surface area contributed by atoms with Crippen molar-refractivity contribution in [3.8, 4) is 0 Å². The normalized spacial score (nSPS) is 11.6. The van der Waals surface area contributed by atoms with Gasteiger partial charge in [-0.25, -0.2) is 0 Å². The number of hydrogen-bond donors (Lipinski definition) is 2. The van der Waals surface area contributed by atoms with E-state index < -0.39 is 0 Å². The van der Waals surface area contributed by atoms with Gasteiger partial charge in [0, 0.05) is 50.4 Å². The lowest BCUT2D eigenvalue weighted by molar-refractivity contribution is -0.121. The number of amides is 1. The molecule has 0 aromatic carbocycles. The van der Waals surface area contributed by atoms with E-state index in [1.807, 2.05) is 17.8 Å². The molecule has 0 saturated carbocycles. The number of hydrogen-bond acceptors (Lipinski definition) is 3. The summed E-state index contributed by atoms with van der Waals surface area (Å²) in [5.74, 6) is 0.0916. The van der Waals surface area contributed by atoms with Crippen molar-refractivity contribution in [2.24, 2.45) is 7.05 Å². The maximum absolute atomic E-state index is 11.6. The average molecular weight is 252 g/mol. The highest BCUT2D eigenvalue weighted by Gasteiger charge is 2.09. The van der Waals surface area contributed by atoms with Gasteiger partial charge in [-0.1, -0.05) is 0 Å². The lowest BCUT2D eigenvalue weighted by atomic mass is 10.1. The summed E-state index contributed by atoms with van der Waals surface area (Å²) in [5.41, 5.74) is 1.19. The Morgan fingerprint density at radius 2 is 2.11 bits per heavy atom. The molecule has 1 amide bonds. The van der Waals surface area contributed by atoms with Crippen LogP contribution < -0.4 is 10.6 Å². The lowest BCUT2D eigenvalue weighted by Crippen LogP contribution is -2.38. The quantitative estimate of drug-likeness (QED) is 0.789. The van der Waals surface area contributed by atoms with Crippen molar-refractivity contribution in [3.05, 3.63) is 18.0 Å². The van der Waals surface area contributed by atoms with E-state index >= 15 is 0 Å². The molecule has 0 bridgehead atoms. The minimum absolute atomic E-state index is 0.0645. The van der Waals surface area contributed by atoms with Gasteiger partial charge in [-0.15, -0.1) is 0 Å². The van der Waals surface area contributed by atoms with Crippen LogP contribution in [0, 0.1) is 0 Å². The summed E-state index contributed by atoms with van der Waals surface area (Å²) >= 11 is 0. The van der Waals surface area contributed by atoms with Gasteiger partial charge in [0.25, 0.3) is 0 Å². The van der Waals surface area contributed by atoms with Gasteiger partial charge in [-0.2, -0.15) is 5.10 Å². The molecule has 0 atom stereocenters. The van der Waals surface area contributed by atoms with Crippen LogP contribution in [0.4, 0.5) is 0 Å². The van der Waals surface area contributed by atoms with Crippen molar-refractivity contribution in [2.75, 3.05) is 13.1 Å². The Kier molecular flexibility index (Phi) is 5.34. The summed E-state index contributed by atoms with van der Waals surface area (Å²) in [4.78, 5) is 11.6. The van der Waals surface area contributed by atoms with Gasteiger partial charge in [0.1, 0.15) is 0 Å². The van der Waals surface area contributed by atoms with E-state index in [-0.39, 0.29) is 11.4 Å². The van der Waals surface area contributed by atoms with E-state index in [1.165, 1.54) is 0 Å². The smallest absolute Gasteiger partial charge is 0.221 e. The SMILES string of the molecule is Cn1nccc1CCNC(=O)CCNC(C)(C)C. The van der Waals surface area contributed by atoms with Crippen LogP contribution in [0.2, 0.25) is 0 Å². The van der Waals surface area contributed by atoms with E-state index in [0.717, 1.165) is 12.1 Å². The number of nitrogens with one attached hydrogen (secondary N) is 2. The molecule has 1 aromatic heterocycles. The second-order valence-electron chi connectivity index (χ2n) is 5.47. The molecule has 0 aliphatic carbocycles. The van der Waals surface area contributed by atoms with Crippen LogP contribution >= 0.6 is 0 Å². The van der Waals surface area contributed by atoms with Gasteiger partial charge in [0.05, 0.1) is 0 Å². The Hall–Kier alpha value is -1.36. The molecule has 102 valence electrons. The van der Waals surface area contributed by atoms with Crippen molar-refractivity contribution in [2.45, 2.75) is 39.2 Å². The zero-order chi connectivity index (χ0) is 13.6. The molecule has 0 spiro atoms. The molecular formula is C13H24N4O. The standard InChI is InChI=1S/C13H24N4O/c1-13(2,3)15-9-7-12(18)14-8-5-11-6-10-16-17(11)4/h6,10,15H,5,7-9H2,1-4H3,(H,14,18). The zero-order valence-corrected chi connectivity index (χ0v) is 11.8. The Morgan fingerprint density at radius 1 is 1.39 bits per heavy atom. The zero-order valence-electron chi connectivity index (χ0n) is 11.8. The molecular weight excluding hydrogens is 228 g/mol. The van der Waals surface area contributed by atoms with Crippen LogP contribution in [0.15, 0.2) is 12.3 Å². The van der Waals surface area contributed by atoms with Crippen molar-refractivity contribution in [1.82, 2.24) is 20.4 Å². The molecule has 0 aliphatic heterocycles. The first kappa shape index (κ1) is 14.7. The van der Waals surface area contributed by atoms with Crippen molar-refractivity contribution in [1.29, 1.82) is 0 Å². The van der Waals surface area contributed by atoms with Crippen molar-refractivity contribution < 1.29 is 4.79 Å². The van der Waals surface area contributed by atoms with Crippen molar-refractivity contribution >= 4 is 5.91 Å². The molecule has 5 nitrogen and oxygen atoms in total. The highest BCUT2D eigenvalue weighted by atomic mass is 16.1. The highest BCUT2D eigenvalue weighted by molar-refractivity contribution is 5.76. The van der Waals surface area contributed by atoms with Gasteiger partial charge in [0.2, 0.25) is 5.91 Å². The van der Waals surface area contributed by atoms with E-state index in [9.17, 15) is 4.79 Å². The summed E-state index contributed by atoms with van der Waals surface area (Å²) in [7, 11) is 1.91. The van der Waals surface area contributed by atoms with Gasteiger partial charge < -0.3 is 10.6 Å². The third kappa shape index (κ3) is 5.82. The molecule has 1 heterocycles. The summed E-state index contributed by atoms with van der Waals surface area (Å²) in [6.45, 7) is 7.64. The third-order valence-electron chi connectivity index (χ3n) is 2.63. The highest BCUT2D eigenvalue weighted by Crippen LogP contribution is 1.98. The van der Waals surface area contributed by atoms with Crippen molar-refractivity contribution in [3.63, 3.8) is 0 Å². The Bertz CT molecular complexity index is 379. The largest absolute Gasteiger partial charge is 0.356 e. The second-order valence-corrected chi connectivity index (χ2v) is 5.47. The first-order valence-electron chi connectivity index (χ1n) is 6.37. The monoisotopic (exact) mass is 252 g/mol. The number of carbonyl (C=O) groups excluding carboxylic acids is 1. The lowest BCUT2D eigenvalue weighted by Gasteiger charge is -2.20. The molecule has 5 heteroatoms. The molecule has 1 rings (SSSR count). The van der Waals surface area contributed by atoms with Crippen LogP contribution in [0.1, 0.15) is 32.9 Å². The van der Waals surface area contributed by atoms with Gasteiger partial charge in [0.15, 0.2) is 0 Å². The first-order chi connectivity index (χ1) is 8.38. The third-order valence-corrected chi connectivity index (χ3v) is 2.63. The second kappa shape index (κ2) is 6.54. The van der Waals surface area contributed by atoms with Gasteiger partial charge >= 0.3 is 0 Å². The minimum Gasteiger partial charge on any atom is -0.356 e. The molecule has 18 heavy (non-hydrogen) atoms. The van der Waals surface area contributed by atoms with Gasteiger partial charge in [-0.3, -0.25) is 9.48 Å². The minimum atomic E-state index is 0.0645. The Balaban J connectivity index is 2.12. The molecule has 0 aliphatic rings. The molecule has 0 fully saturated rings. The fraction of sp³-hybridized carbons (Fsp3) is 0.692. The number of aromatic nitrogens is 2. The predicted octanol–water partition coefficient (Wildman–Crippen LogP) is 0.857. The number of nitrogens with zero attached hydrogens (tertiary/aromatic N) is 2. The fourth-order valence-electron chi connectivity index (χ4n) is 1.62. The van der Waals surface area contributed by atoms with E-state index in [4.69, 9.17) is 0 Å². The molecule has 2 N–H and O–H groups in total. The van der Waals surface area contributed by atoms with Gasteiger partial charge in [-0.05, 0) is 26.8 Å². The van der Waals surface area contributed by atoms with E-state index in [2.05, 4.69) is 36.5 Å². The summed E-state index contributed by atoms with van der Waals surface area (Å²) in [6, 6.07) is 1.97. The van der Waals surface area contributed by atoms with Crippen LogP contribution in [0.25, 0.3) is 0 Å². The molecule has 0 saturated heterocycles. The number of carbonyl (C=O) groups is 1. The van der Waals surface area contributed by atoms with Crippen LogP contribution in [-0.4, -0.2) is 34.3 Å². The first-order valence-corrected chi connectivity index (χ1v) is 6.37.